The number of esters is 2. The van der Waals surface area contributed by atoms with Gasteiger partial charge in [0.15, 0.2) is 6.29 Å². The molecule has 0 N–H and O–H groups in total. The summed E-state index contributed by atoms with van der Waals surface area (Å²) >= 11 is 0. The number of ketones is 1. The summed E-state index contributed by atoms with van der Waals surface area (Å²) in [6.45, 7) is 0. The van der Waals surface area contributed by atoms with Crippen LogP contribution in [0, 0.1) is 5.92 Å². The fourth-order valence-corrected chi connectivity index (χ4v) is 1.32. The molecule has 1 unspecified atom stereocenters. The van der Waals surface area contributed by atoms with Crippen molar-refractivity contribution in [3.8, 4) is 0 Å². The van der Waals surface area contributed by atoms with Crippen LogP contribution in [0.2, 0.25) is 0 Å². The van der Waals surface area contributed by atoms with Gasteiger partial charge in [0, 0.05) is 6.42 Å². The molecule has 0 radical (unpaired) electrons. The molecule has 0 fully saturated rings. The Hall–Kier alpha value is -1.72. The van der Waals surface area contributed by atoms with Crippen molar-refractivity contribution in [1.29, 1.82) is 0 Å². The van der Waals surface area contributed by atoms with Gasteiger partial charge in [-0.2, -0.15) is 0 Å². The van der Waals surface area contributed by atoms with E-state index in [1.807, 2.05) is 0 Å². The summed E-state index contributed by atoms with van der Waals surface area (Å²) in [5.74, 6) is -2.92. The van der Waals surface area contributed by atoms with Gasteiger partial charge in [-0.25, -0.2) is 0 Å². The molecule has 1 atom stereocenters. The number of aldehydes is 1. The number of rotatable bonds is 8. The first-order chi connectivity index (χ1) is 8.06. The standard InChI is InChI=1S/C11H16O6/c1-16-10(14)6-4-3-5-8(9(13)7-12)11(15)17-2/h7-8H,3-6H2,1-2H3. The second kappa shape index (κ2) is 8.43. The van der Waals surface area contributed by atoms with Crippen molar-refractivity contribution in [2.24, 2.45) is 5.92 Å². The Kier molecular flexibility index (Phi) is 7.58. The summed E-state index contributed by atoms with van der Waals surface area (Å²) in [6.07, 6.45) is 1.49. The Balaban J connectivity index is 4.09. The number of carbonyl (C=O) groups excluding carboxylic acids is 4. The minimum atomic E-state index is -1.06. The highest BCUT2D eigenvalue weighted by Gasteiger charge is 2.26. The monoisotopic (exact) mass is 244 g/mol. The zero-order valence-corrected chi connectivity index (χ0v) is 9.93. The highest BCUT2D eigenvalue weighted by atomic mass is 16.5. The largest absolute Gasteiger partial charge is 0.469 e. The maximum atomic E-state index is 11.2. The normalized spacial score (nSPS) is 11.4. The molecule has 0 bridgehead atoms. The van der Waals surface area contributed by atoms with Crippen molar-refractivity contribution < 1.29 is 28.7 Å². The van der Waals surface area contributed by atoms with Crippen LogP contribution in [0.25, 0.3) is 0 Å². The molecular weight excluding hydrogens is 228 g/mol. The second-order valence-electron chi connectivity index (χ2n) is 3.42. The summed E-state index contributed by atoms with van der Waals surface area (Å²) in [7, 11) is 2.44. The summed E-state index contributed by atoms with van der Waals surface area (Å²) in [4.78, 5) is 43.5. The molecule has 0 aliphatic heterocycles. The van der Waals surface area contributed by atoms with Gasteiger partial charge in [-0.05, 0) is 12.8 Å². The highest BCUT2D eigenvalue weighted by molar-refractivity contribution is 6.30. The van der Waals surface area contributed by atoms with Crippen molar-refractivity contribution in [3.05, 3.63) is 0 Å². The first-order valence-electron chi connectivity index (χ1n) is 5.20. The summed E-state index contributed by atoms with van der Waals surface area (Å²) < 4.78 is 8.87. The van der Waals surface area contributed by atoms with Gasteiger partial charge in [-0.3, -0.25) is 19.2 Å². The van der Waals surface area contributed by atoms with Crippen molar-refractivity contribution in [2.45, 2.75) is 25.7 Å². The molecule has 0 aromatic carbocycles. The summed E-state index contributed by atoms with van der Waals surface area (Å²) in [6, 6.07) is 0. The summed E-state index contributed by atoms with van der Waals surface area (Å²) in [5.41, 5.74) is 0. The maximum absolute atomic E-state index is 11.2. The highest BCUT2D eigenvalue weighted by Crippen LogP contribution is 2.12. The Morgan fingerprint density at radius 2 is 1.76 bits per heavy atom. The quantitative estimate of drug-likeness (QED) is 0.200. The van der Waals surface area contributed by atoms with Gasteiger partial charge in [0.05, 0.1) is 14.2 Å². The van der Waals surface area contributed by atoms with E-state index in [2.05, 4.69) is 9.47 Å². The van der Waals surface area contributed by atoms with Gasteiger partial charge in [-0.1, -0.05) is 6.42 Å². The zero-order chi connectivity index (χ0) is 13.3. The van der Waals surface area contributed by atoms with Crippen LogP contribution in [0.3, 0.4) is 0 Å². The molecular formula is C11H16O6. The van der Waals surface area contributed by atoms with E-state index in [1.165, 1.54) is 7.11 Å². The maximum Gasteiger partial charge on any atom is 0.316 e. The van der Waals surface area contributed by atoms with Gasteiger partial charge >= 0.3 is 11.9 Å². The molecule has 0 heterocycles. The van der Waals surface area contributed by atoms with Crippen molar-refractivity contribution in [3.63, 3.8) is 0 Å². The lowest BCUT2D eigenvalue weighted by molar-refractivity contribution is -0.151. The molecule has 0 aliphatic rings. The van der Waals surface area contributed by atoms with Crippen molar-refractivity contribution in [2.75, 3.05) is 14.2 Å². The number of hydrogen-bond donors (Lipinski definition) is 0. The number of Topliss-reactive ketones (excluding diaryl/α,β-unsaturated/α-hetero) is 1. The summed E-state index contributed by atoms with van der Waals surface area (Å²) in [5, 5.41) is 0. The van der Waals surface area contributed by atoms with E-state index in [0.717, 1.165) is 7.11 Å². The first-order valence-corrected chi connectivity index (χ1v) is 5.20. The average molecular weight is 244 g/mol. The predicted octanol–water partition coefficient (Wildman–Crippen LogP) is 0.277. The predicted molar refractivity (Wildman–Crippen MR) is 57.1 cm³/mol. The van der Waals surface area contributed by atoms with E-state index in [9.17, 15) is 19.2 Å². The molecule has 6 nitrogen and oxygen atoms in total. The molecule has 0 aliphatic carbocycles. The molecule has 0 aromatic heterocycles. The third-order valence-electron chi connectivity index (χ3n) is 2.30. The van der Waals surface area contributed by atoms with E-state index in [-0.39, 0.29) is 25.1 Å². The van der Waals surface area contributed by atoms with Crippen LogP contribution in [0.5, 0.6) is 0 Å². The molecule has 6 heteroatoms. The number of ether oxygens (including phenoxy) is 2. The van der Waals surface area contributed by atoms with Crippen LogP contribution in [0.1, 0.15) is 25.7 Å². The average Bonchev–Trinajstić information content (AvgIpc) is 2.36. The fraction of sp³-hybridized carbons (Fsp3) is 0.636. The van der Waals surface area contributed by atoms with Gasteiger partial charge in [0.2, 0.25) is 5.78 Å². The lowest BCUT2D eigenvalue weighted by Crippen LogP contribution is -2.26. The Morgan fingerprint density at radius 1 is 1.12 bits per heavy atom. The molecule has 96 valence electrons. The van der Waals surface area contributed by atoms with E-state index in [0.29, 0.717) is 12.8 Å². The molecule has 0 amide bonds. The number of methoxy groups -OCH3 is 2. The second-order valence-corrected chi connectivity index (χ2v) is 3.42. The lowest BCUT2D eigenvalue weighted by Gasteiger charge is -2.09. The number of carbonyl (C=O) groups is 4. The van der Waals surface area contributed by atoms with Gasteiger partial charge in [-0.15, -0.1) is 0 Å². The SMILES string of the molecule is COC(=O)CCCCC(C(=O)C=O)C(=O)OC. The van der Waals surface area contributed by atoms with E-state index < -0.39 is 17.7 Å². The van der Waals surface area contributed by atoms with E-state index >= 15 is 0 Å². The molecule has 0 saturated carbocycles. The Bertz CT molecular complexity index is 296. The van der Waals surface area contributed by atoms with Crippen LogP contribution in [0.4, 0.5) is 0 Å². The molecule has 0 spiro atoms. The van der Waals surface area contributed by atoms with Gasteiger partial charge < -0.3 is 9.47 Å². The number of hydrogen-bond acceptors (Lipinski definition) is 6. The van der Waals surface area contributed by atoms with Crippen LogP contribution in [-0.4, -0.2) is 38.2 Å². The topological polar surface area (TPSA) is 86.7 Å². The van der Waals surface area contributed by atoms with E-state index in [1.54, 1.807) is 0 Å². The third-order valence-corrected chi connectivity index (χ3v) is 2.30. The number of unbranched alkanes of at least 4 members (excludes halogenated alkanes) is 1. The lowest BCUT2D eigenvalue weighted by atomic mass is 9.97. The van der Waals surface area contributed by atoms with E-state index in [4.69, 9.17) is 0 Å². The van der Waals surface area contributed by atoms with Crippen LogP contribution in [0.15, 0.2) is 0 Å². The van der Waals surface area contributed by atoms with Crippen LogP contribution < -0.4 is 0 Å². The molecule has 0 saturated heterocycles. The van der Waals surface area contributed by atoms with Crippen LogP contribution >= 0.6 is 0 Å². The van der Waals surface area contributed by atoms with Gasteiger partial charge in [0.1, 0.15) is 5.92 Å². The zero-order valence-electron chi connectivity index (χ0n) is 9.93. The Labute approximate surface area is 99.3 Å². The third kappa shape index (κ3) is 5.79. The minimum absolute atomic E-state index is 0.113. The molecule has 0 rings (SSSR count). The van der Waals surface area contributed by atoms with Gasteiger partial charge in [0.25, 0.3) is 0 Å². The molecule has 17 heavy (non-hydrogen) atoms. The smallest absolute Gasteiger partial charge is 0.316 e. The molecule has 0 aromatic rings. The van der Waals surface area contributed by atoms with Crippen LogP contribution in [-0.2, 0) is 28.7 Å². The first kappa shape index (κ1) is 15.3. The Morgan fingerprint density at radius 3 is 2.24 bits per heavy atom. The van der Waals surface area contributed by atoms with Crippen molar-refractivity contribution >= 4 is 24.0 Å². The fourth-order valence-electron chi connectivity index (χ4n) is 1.32. The minimum Gasteiger partial charge on any atom is -0.469 e. The van der Waals surface area contributed by atoms with Crippen molar-refractivity contribution in [1.82, 2.24) is 0 Å².